The summed E-state index contributed by atoms with van der Waals surface area (Å²) in [5, 5.41) is 5.79. The highest BCUT2D eigenvalue weighted by Crippen LogP contribution is 2.40. The lowest BCUT2D eigenvalue weighted by atomic mass is 10.2. The molecule has 0 atom stereocenters. The van der Waals surface area contributed by atoms with Gasteiger partial charge >= 0.3 is 0 Å². The molecule has 1 aliphatic carbocycles. The van der Waals surface area contributed by atoms with Crippen LogP contribution < -0.4 is 0 Å². The number of amides is 1. The summed E-state index contributed by atoms with van der Waals surface area (Å²) >= 11 is 1.15. The second kappa shape index (κ2) is 7.61. The average molecular weight is 468 g/mol. The predicted molar refractivity (Wildman–Crippen MR) is 109 cm³/mol. The Morgan fingerprint density at radius 1 is 1.16 bits per heavy atom. The second-order valence-electron chi connectivity index (χ2n) is 7.61. The van der Waals surface area contributed by atoms with Gasteiger partial charge in [-0.05, 0) is 30.4 Å². The van der Waals surface area contributed by atoms with Crippen LogP contribution in [0.15, 0.2) is 33.9 Å². The molecule has 8 nitrogen and oxygen atoms in total. The molecule has 4 heterocycles. The molecule has 2 fully saturated rings. The van der Waals surface area contributed by atoms with Crippen molar-refractivity contribution in [1.29, 1.82) is 0 Å². The number of hydrogen-bond acceptors (Lipinski definition) is 6. The van der Waals surface area contributed by atoms with Crippen molar-refractivity contribution < 1.29 is 22.0 Å². The van der Waals surface area contributed by atoms with Crippen LogP contribution >= 0.6 is 11.3 Å². The zero-order valence-electron chi connectivity index (χ0n) is 16.3. The maximum Gasteiger partial charge on any atom is 0.280 e. The molecule has 3 aromatic heterocycles. The van der Waals surface area contributed by atoms with E-state index in [9.17, 15) is 22.0 Å². The fourth-order valence-electron chi connectivity index (χ4n) is 3.70. The smallest absolute Gasteiger partial charge is 0.280 e. The zero-order valence-corrected chi connectivity index (χ0v) is 18.0. The summed E-state index contributed by atoms with van der Waals surface area (Å²) < 4.78 is 55.0. The number of sulfonamides is 1. The summed E-state index contributed by atoms with van der Waals surface area (Å²) in [6.07, 6.45) is -0.897. The number of piperazine rings is 1. The van der Waals surface area contributed by atoms with Crippen molar-refractivity contribution in [3.8, 4) is 0 Å². The molecular formula is C19H19F2N5O3S2. The molecule has 1 amide bonds. The van der Waals surface area contributed by atoms with E-state index in [1.54, 1.807) is 17.5 Å². The Labute approximate surface area is 181 Å². The largest absolute Gasteiger partial charge is 0.335 e. The third-order valence-corrected chi connectivity index (χ3v) is 8.80. The molecule has 1 saturated heterocycles. The number of halogens is 2. The fourth-order valence-corrected chi connectivity index (χ4v) is 6.26. The summed E-state index contributed by atoms with van der Waals surface area (Å²) in [4.78, 5) is 18.8. The summed E-state index contributed by atoms with van der Waals surface area (Å²) in [5.41, 5.74) is 0.575. The Kier molecular flexibility index (Phi) is 5.02. The van der Waals surface area contributed by atoms with Crippen molar-refractivity contribution in [2.24, 2.45) is 0 Å². The van der Waals surface area contributed by atoms with Gasteiger partial charge in [-0.25, -0.2) is 26.7 Å². The van der Waals surface area contributed by atoms with Gasteiger partial charge in [-0.15, -0.1) is 11.3 Å². The molecule has 0 bridgehead atoms. The minimum Gasteiger partial charge on any atom is -0.335 e. The minimum absolute atomic E-state index is 0.0249. The molecule has 0 unspecified atom stereocenters. The monoisotopic (exact) mass is 467 g/mol. The van der Waals surface area contributed by atoms with Crippen molar-refractivity contribution in [3.05, 3.63) is 46.7 Å². The minimum atomic E-state index is -3.57. The Balaban J connectivity index is 1.35. The van der Waals surface area contributed by atoms with E-state index >= 15 is 0 Å². The van der Waals surface area contributed by atoms with Crippen molar-refractivity contribution in [1.82, 2.24) is 23.8 Å². The molecule has 3 aromatic rings. The molecular weight excluding hydrogens is 448 g/mol. The standard InChI is InChI=1S/C19H19F2N5O3S2/c20-18(21)15-10-13(12-3-4-12)22-16-11-14(23-26(15)16)19(27)24-5-7-25(8-6-24)31(28,29)17-2-1-9-30-17/h1-2,9-12,18H,3-8H2. The SMILES string of the molecule is O=C(c1cc2nc(C3CC3)cc(C(F)F)n2n1)N1CCN(S(=O)(=O)c2cccs2)CC1. The first-order valence-electron chi connectivity index (χ1n) is 9.86. The molecule has 0 aromatic carbocycles. The molecule has 0 radical (unpaired) electrons. The lowest BCUT2D eigenvalue weighted by Gasteiger charge is -2.33. The predicted octanol–water partition coefficient (Wildman–Crippen LogP) is 2.75. The van der Waals surface area contributed by atoms with E-state index in [-0.39, 0.29) is 53.3 Å². The Bertz CT molecular complexity index is 1230. The van der Waals surface area contributed by atoms with Crippen molar-refractivity contribution in [2.45, 2.75) is 29.4 Å². The van der Waals surface area contributed by atoms with E-state index in [4.69, 9.17) is 0 Å². The van der Waals surface area contributed by atoms with Crippen LogP contribution in [0, 0.1) is 0 Å². The first-order chi connectivity index (χ1) is 14.8. The second-order valence-corrected chi connectivity index (χ2v) is 10.7. The van der Waals surface area contributed by atoms with Crippen LogP contribution in [-0.2, 0) is 10.0 Å². The molecule has 12 heteroatoms. The maximum absolute atomic E-state index is 13.6. The quantitative estimate of drug-likeness (QED) is 0.576. The van der Waals surface area contributed by atoms with Gasteiger partial charge in [0.2, 0.25) is 0 Å². The molecule has 31 heavy (non-hydrogen) atoms. The number of fused-ring (bicyclic) bond motifs is 1. The Hall–Kier alpha value is -2.44. The lowest BCUT2D eigenvalue weighted by Crippen LogP contribution is -2.50. The van der Waals surface area contributed by atoms with Gasteiger partial charge in [0.25, 0.3) is 22.4 Å². The highest BCUT2D eigenvalue weighted by molar-refractivity contribution is 7.91. The van der Waals surface area contributed by atoms with Gasteiger partial charge in [0.05, 0.1) is 0 Å². The normalized spacial score (nSPS) is 18.2. The third-order valence-electron chi connectivity index (χ3n) is 5.53. The number of nitrogens with zero attached hydrogens (tertiary/aromatic N) is 5. The number of hydrogen-bond donors (Lipinski definition) is 0. The molecule has 164 valence electrons. The van der Waals surface area contributed by atoms with E-state index in [0.29, 0.717) is 5.69 Å². The van der Waals surface area contributed by atoms with Crippen molar-refractivity contribution in [2.75, 3.05) is 26.2 Å². The van der Waals surface area contributed by atoms with E-state index in [2.05, 4.69) is 10.1 Å². The Morgan fingerprint density at radius 3 is 2.52 bits per heavy atom. The topological polar surface area (TPSA) is 87.9 Å². The summed E-state index contributed by atoms with van der Waals surface area (Å²) in [6.45, 7) is 0.705. The number of rotatable bonds is 5. The molecule has 1 aliphatic heterocycles. The molecule has 5 rings (SSSR count). The zero-order chi connectivity index (χ0) is 21.8. The summed E-state index contributed by atoms with van der Waals surface area (Å²) in [7, 11) is -3.57. The molecule has 2 aliphatic rings. The van der Waals surface area contributed by atoms with Gasteiger partial charge in [-0.3, -0.25) is 4.79 Å². The highest BCUT2D eigenvalue weighted by atomic mass is 32.2. The van der Waals surface area contributed by atoms with Crippen molar-refractivity contribution in [3.63, 3.8) is 0 Å². The van der Waals surface area contributed by atoms with E-state index in [1.807, 2.05) is 0 Å². The van der Waals surface area contributed by atoms with E-state index in [0.717, 1.165) is 28.7 Å². The van der Waals surface area contributed by atoms with E-state index in [1.165, 1.54) is 21.3 Å². The average Bonchev–Trinajstić information content (AvgIpc) is 3.28. The van der Waals surface area contributed by atoms with Crippen molar-refractivity contribution >= 4 is 32.9 Å². The summed E-state index contributed by atoms with van der Waals surface area (Å²) in [6, 6.07) is 6.02. The molecule has 1 saturated carbocycles. The van der Waals surface area contributed by atoms with Gasteiger partial charge < -0.3 is 4.90 Å². The Morgan fingerprint density at radius 2 is 1.90 bits per heavy atom. The van der Waals surface area contributed by atoms with E-state index < -0.39 is 22.4 Å². The number of carbonyl (C=O) groups excluding carboxylic acids is 1. The first kappa shape index (κ1) is 20.5. The third kappa shape index (κ3) is 3.72. The maximum atomic E-state index is 13.6. The molecule has 0 spiro atoms. The van der Waals surface area contributed by atoms with Crippen LogP contribution in [0.1, 0.15) is 47.1 Å². The first-order valence-corrected chi connectivity index (χ1v) is 12.2. The van der Waals surface area contributed by atoms with Gasteiger partial charge in [0.15, 0.2) is 11.3 Å². The van der Waals surface area contributed by atoms with Crippen LogP contribution in [-0.4, -0.2) is 64.3 Å². The van der Waals surface area contributed by atoms with Gasteiger partial charge in [0, 0.05) is 43.9 Å². The van der Waals surface area contributed by atoms with Crippen LogP contribution in [0.2, 0.25) is 0 Å². The van der Waals surface area contributed by atoms with Crippen LogP contribution in [0.5, 0.6) is 0 Å². The van der Waals surface area contributed by atoms with Crippen LogP contribution in [0.4, 0.5) is 8.78 Å². The van der Waals surface area contributed by atoms with Gasteiger partial charge in [0.1, 0.15) is 9.90 Å². The summed E-state index contributed by atoms with van der Waals surface area (Å²) in [5.74, 6) is -0.234. The van der Waals surface area contributed by atoms with Crippen LogP contribution in [0.25, 0.3) is 5.65 Å². The number of aromatic nitrogens is 3. The van der Waals surface area contributed by atoms with Gasteiger partial charge in [-0.1, -0.05) is 6.07 Å². The van der Waals surface area contributed by atoms with Gasteiger partial charge in [-0.2, -0.15) is 9.40 Å². The fraction of sp³-hybridized carbons (Fsp3) is 0.421. The lowest BCUT2D eigenvalue weighted by molar-refractivity contribution is 0.0691. The number of alkyl halides is 2. The number of carbonyl (C=O) groups is 1. The number of thiophene rings is 1. The van der Waals surface area contributed by atoms with Crippen LogP contribution in [0.3, 0.4) is 0 Å². The molecule has 0 N–H and O–H groups in total. The highest BCUT2D eigenvalue weighted by Gasteiger charge is 2.32.